The van der Waals surface area contributed by atoms with Crippen molar-refractivity contribution in [2.75, 3.05) is 6.61 Å². The highest BCUT2D eigenvalue weighted by atomic mass is 16.5. The van der Waals surface area contributed by atoms with Crippen LogP contribution in [-0.4, -0.2) is 28.7 Å². The first-order chi connectivity index (χ1) is 6.06. The number of aliphatic hydroxyl groups is 1. The Morgan fingerprint density at radius 2 is 1.86 bits per heavy atom. The largest absolute Gasteiger partial charge is 0.396 e. The van der Waals surface area contributed by atoms with Crippen molar-refractivity contribution in [3.63, 3.8) is 0 Å². The van der Waals surface area contributed by atoms with Gasteiger partial charge in [-0.3, -0.25) is 4.79 Å². The normalized spacial score (nSPS) is 12.6. The van der Waals surface area contributed by atoms with Crippen molar-refractivity contribution in [3.05, 3.63) is 12.3 Å². The summed E-state index contributed by atoms with van der Waals surface area (Å²) in [6.07, 6.45) is 0. The molecule has 4 heteroatoms. The predicted molar refractivity (Wildman–Crippen MR) is 54.7 cm³/mol. The van der Waals surface area contributed by atoms with Gasteiger partial charge in [-0.25, -0.2) is 0 Å². The molecule has 0 amide bonds. The lowest BCUT2D eigenvalue weighted by Crippen LogP contribution is -2.41. The van der Waals surface area contributed by atoms with Gasteiger partial charge in [-0.2, -0.15) is 0 Å². The van der Waals surface area contributed by atoms with Crippen LogP contribution in [0.4, 0.5) is 0 Å². The van der Waals surface area contributed by atoms with Crippen molar-refractivity contribution in [1.82, 2.24) is 0 Å². The molecule has 0 aromatic rings. The molecule has 0 atom stereocenters. The molecule has 0 aromatic carbocycles. The predicted octanol–water partition coefficient (Wildman–Crippen LogP) is 0.594. The standard InChI is InChI=1S/C10H19NO3/c1-7(11)8(12)10(4,5)14-6-9(2,3)13/h13H,1,6,11H2,2-5H3. The minimum Gasteiger partial charge on any atom is -0.396 e. The Kier molecular flexibility index (Phi) is 3.85. The molecule has 3 N–H and O–H groups in total. The van der Waals surface area contributed by atoms with Gasteiger partial charge in [0.05, 0.1) is 17.9 Å². The Bertz CT molecular complexity index is 238. The fourth-order valence-corrected chi connectivity index (χ4v) is 0.809. The molecule has 4 nitrogen and oxygen atoms in total. The second-order valence-electron chi connectivity index (χ2n) is 4.47. The Labute approximate surface area is 84.7 Å². The SMILES string of the molecule is C=C(N)C(=O)C(C)(C)OCC(C)(C)O. The zero-order valence-electron chi connectivity index (χ0n) is 9.26. The molecule has 0 spiro atoms. The van der Waals surface area contributed by atoms with Crippen molar-refractivity contribution in [3.8, 4) is 0 Å². The third-order valence-corrected chi connectivity index (χ3v) is 1.62. The number of ketones is 1. The highest BCUT2D eigenvalue weighted by molar-refractivity contribution is 5.99. The van der Waals surface area contributed by atoms with Gasteiger partial charge in [0, 0.05) is 0 Å². The first kappa shape index (κ1) is 13.1. The molecular weight excluding hydrogens is 182 g/mol. The summed E-state index contributed by atoms with van der Waals surface area (Å²) in [7, 11) is 0. The average molecular weight is 201 g/mol. The van der Waals surface area contributed by atoms with Crippen LogP contribution >= 0.6 is 0 Å². The maximum atomic E-state index is 11.5. The molecule has 0 fully saturated rings. The molecule has 0 aliphatic carbocycles. The Balaban J connectivity index is 4.35. The maximum absolute atomic E-state index is 11.5. The van der Waals surface area contributed by atoms with E-state index < -0.39 is 11.2 Å². The zero-order valence-corrected chi connectivity index (χ0v) is 9.26. The summed E-state index contributed by atoms with van der Waals surface area (Å²) in [6.45, 7) is 9.82. The Morgan fingerprint density at radius 3 is 2.14 bits per heavy atom. The summed E-state index contributed by atoms with van der Waals surface area (Å²) in [4.78, 5) is 11.5. The summed E-state index contributed by atoms with van der Waals surface area (Å²) < 4.78 is 5.28. The zero-order chi connectivity index (χ0) is 11.6. The summed E-state index contributed by atoms with van der Waals surface area (Å²) in [5.74, 6) is -0.359. The fraction of sp³-hybridized carbons (Fsp3) is 0.700. The molecule has 14 heavy (non-hydrogen) atoms. The topological polar surface area (TPSA) is 72.6 Å². The number of rotatable bonds is 5. The molecule has 0 aromatic heterocycles. The van der Waals surface area contributed by atoms with Crippen LogP contribution in [0.25, 0.3) is 0 Å². The summed E-state index contributed by atoms with van der Waals surface area (Å²) in [5.41, 5.74) is 3.24. The van der Waals surface area contributed by atoms with E-state index in [0.29, 0.717) is 0 Å². The molecule has 0 saturated carbocycles. The first-order valence-corrected chi connectivity index (χ1v) is 4.42. The Hall–Kier alpha value is -0.870. The molecule has 82 valence electrons. The van der Waals surface area contributed by atoms with E-state index in [9.17, 15) is 9.90 Å². The third-order valence-electron chi connectivity index (χ3n) is 1.62. The molecule has 0 bridgehead atoms. The van der Waals surface area contributed by atoms with Gasteiger partial charge in [-0.1, -0.05) is 6.58 Å². The quantitative estimate of drug-likeness (QED) is 0.639. The minimum atomic E-state index is -1.04. The number of Topliss-reactive ketones (excluding diaryl/α,β-unsaturated/α-hetero) is 1. The minimum absolute atomic E-state index is 0.0363. The fourth-order valence-electron chi connectivity index (χ4n) is 0.809. The lowest BCUT2D eigenvalue weighted by atomic mass is 10.0. The maximum Gasteiger partial charge on any atom is 0.208 e. The van der Waals surface area contributed by atoms with Crippen LogP contribution in [0, 0.1) is 0 Å². The monoisotopic (exact) mass is 201 g/mol. The van der Waals surface area contributed by atoms with Crippen LogP contribution in [0.2, 0.25) is 0 Å². The van der Waals surface area contributed by atoms with Gasteiger partial charge >= 0.3 is 0 Å². The van der Waals surface area contributed by atoms with Gasteiger partial charge < -0.3 is 15.6 Å². The van der Waals surface area contributed by atoms with Crippen molar-refractivity contribution < 1.29 is 14.6 Å². The van der Waals surface area contributed by atoms with Crippen LogP contribution in [0.15, 0.2) is 12.3 Å². The van der Waals surface area contributed by atoms with Crippen LogP contribution in [-0.2, 0) is 9.53 Å². The Morgan fingerprint density at radius 1 is 1.43 bits per heavy atom. The molecule has 0 aliphatic rings. The average Bonchev–Trinajstić information content (AvgIpc) is 1.98. The van der Waals surface area contributed by atoms with Gasteiger partial charge in [0.2, 0.25) is 5.78 Å². The van der Waals surface area contributed by atoms with Gasteiger partial charge in [0.25, 0.3) is 0 Å². The van der Waals surface area contributed by atoms with Gasteiger partial charge in [-0.05, 0) is 27.7 Å². The van der Waals surface area contributed by atoms with Crippen molar-refractivity contribution in [2.24, 2.45) is 5.73 Å². The van der Waals surface area contributed by atoms with Crippen LogP contribution in [0.3, 0.4) is 0 Å². The van der Waals surface area contributed by atoms with Crippen LogP contribution in [0.5, 0.6) is 0 Å². The second-order valence-corrected chi connectivity index (χ2v) is 4.47. The van der Waals surface area contributed by atoms with E-state index >= 15 is 0 Å². The molecule has 0 heterocycles. The third kappa shape index (κ3) is 4.39. The first-order valence-electron chi connectivity index (χ1n) is 4.42. The highest BCUT2D eigenvalue weighted by Crippen LogP contribution is 2.16. The van der Waals surface area contributed by atoms with E-state index in [1.165, 1.54) is 0 Å². The van der Waals surface area contributed by atoms with E-state index in [0.717, 1.165) is 0 Å². The molecule has 0 radical (unpaired) electrons. The molecule has 0 unspecified atom stereocenters. The summed E-state index contributed by atoms with van der Waals surface area (Å²) >= 11 is 0. The van der Waals surface area contributed by atoms with E-state index in [4.69, 9.17) is 10.5 Å². The molecular formula is C10H19NO3. The molecule has 0 saturated heterocycles. The number of carbonyl (C=O) groups excluding carboxylic acids is 1. The van der Waals surface area contributed by atoms with Gasteiger partial charge in [-0.15, -0.1) is 0 Å². The second kappa shape index (κ2) is 4.11. The van der Waals surface area contributed by atoms with Gasteiger partial charge in [0.15, 0.2) is 0 Å². The molecule has 0 rings (SSSR count). The van der Waals surface area contributed by atoms with Crippen molar-refractivity contribution in [1.29, 1.82) is 0 Å². The van der Waals surface area contributed by atoms with Crippen molar-refractivity contribution in [2.45, 2.75) is 38.9 Å². The van der Waals surface area contributed by atoms with Crippen molar-refractivity contribution >= 4 is 5.78 Å². The summed E-state index contributed by atoms with van der Waals surface area (Å²) in [6, 6.07) is 0. The van der Waals surface area contributed by atoms with E-state index in [1.54, 1.807) is 27.7 Å². The van der Waals surface area contributed by atoms with Crippen LogP contribution < -0.4 is 5.73 Å². The van der Waals surface area contributed by atoms with E-state index in [1.807, 2.05) is 0 Å². The molecule has 0 aliphatic heterocycles. The van der Waals surface area contributed by atoms with E-state index in [-0.39, 0.29) is 18.1 Å². The number of hydrogen-bond donors (Lipinski definition) is 2. The summed E-state index contributed by atoms with van der Waals surface area (Å²) in [5, 5.41) is 9.41. The number of ether oxygens (including phenoxy) is 1. The lowest BCUT2D eigenvalue weighted by molar-refractivity contribution is -0.144. The highest BCUT2D eigenvalue weighted by Gasteiger charge is 2.31. The number of nitrogens with two attached hydrogens (primary N) is 1. The lowest BCUT2D eigenvalue weighted by Gasteiger charge is -2.27. The van der Waals surface area contributed by atoms with Crippen LogP contribution in [0.1, 0.15) is 27.7 Å². The number of carbonyl (C=O) groups is 1. The van der Waals surface area contributed by atoms with E-state index in [2.05, 4.69) is 6.58 Å². The van der Waals surface area contributed by atoms with Gasteiger partial charge in [0.1, 0.15) is 5.60 Å². The smallest absolute Gasteiger partial charge is 0.208 e. The number of hydrogen-bond acceptors (Lipinski definition) is 4.